The average Bonchev–Trinajstić information content (AvgIpc) is 1.51. The standard InChI is InChI=1S/C47H28F2N4.C42H26BrN3.C5H3BF2NO2/c48-40-27-25-33(47(49)50-40)29-24-26-39-36(28-29)43-45-41(35-21-11-13-23-38(35)52(45)31-16-6-2-7-17-31)44-42(46(43)53(39)32-18-8-3-9-19-32)34-20-10-12-22-37(34)51(44)30-14-4-1-5-15-30;43-27-24-25-36-33(26-27)39-41-37(32-21-11-13-23-35(32)45(41)29-16-6-2-7-17-29)40-38(42(39)46(36)30-18-8-3-9-19-30)31-20-10-12-22-34(31)44(40)28-14-4-1-5-15-28;7-4-2-1-3(11-6-10)5(8)9-4/h1-28H;1-26H;1-2,10H. The van der Waals surface area contributed by atoms with Crippen molar-refractivity contribution in [2.75, 3.05) is 0 Å². The summed E-state index contributed by atoms with van der Waals surface area (Å²) in [6.07, 6.45) is 0. The Morgan fingerprint density at radius 1 is 0.273 bits per heavy atom. The maximum Gasteiger partial charge on any atom is 0.569 e. The maximum absolute atomic E-state index is 15.4. The molecule has 8 heterocycles. The summed E-state index contributed by atoms with van der Waals surface area (Å²) in [6, 6.07) is 116. The van der Waals surface area contributed by atoms with E-state index >= 15 is 4.39 Å². The highest BCUT2D eigenvalue weighted by molar-refractivity contribution is 9.10. The molecular formula is C94H57BBrF4N8O2. The SMILES string of the molecule is Brc1ccc2c(c1)c1c3c(c4ccccc4n3-c3ccccc3)c3c(c4ccccc4n3-c3ccccc3)c1n2-c1ccccc1.Fc1ccc(-c2ccc3c(c2)c2c4c(c5ccccc5n4-c4ccccc4)c4c(c5ccccc5n4-c4ccccc4)c2n3-c2ccccc2)c(F)n1.O[B]Oc1ccc(F)nc1F. The largest absolute Gasteiger partial charge is 0.569 e. The second-order valence-corrected chi connectivity index (χ2v) is 27.9. The second kappa shape index (κ2) is 26.6. The van der Waals surface area contributed by atoms with Gasteiger partial charge in [0.25, 0.3) is 5.95 Å². The third kappa shape index (κ3) is 10.3. The summed E-state index contributed by atoms with van der Waals surface area (Å²) >= 11 is 3.85. The van der Waals surface area contributed by atoms with Crippen LogP contribution in [0.3, 0.4) is 0 Å². The van der Waals surface area contributed by atoms with Crippen molar-refractivity contribution in [1.82, 2.24) is 37.4 Å². The van der Waals surface area contributed by atoms with Crippen molar-refractivity contribution in [3.8, 4) is 51.0 Å². The van der Waals surface area contributed by atoms with Crippen LogP contribution in [0, 0.1) is 23.8 Å². The molecule has 0 spiro atoms. The van der Waals surface area contributed by atoms with Crippen molar-refractivity contribution >= 4 is 154 Å². The molecule has 8 aromatic heterocycles. The summed E-state index contributed by atoms with van der Waals surface area (Å²) in [6.45, 7) is 0. The van der Waals surface area contributed by atoms with Gasteiger partial charge in [-0.1, -0.05) is 204 Å². The van der Waals surface area contributed by atoms with Crippen molar-refractivity contribution in [2.45, 2.75) is 0 Å². The predicted octanol–water partition coefficient (Wildman–Crippen LogP) is 24.3. The molecule has 0 saturated carbocycles. The molecule has 22 aromatic rings. The van der Waals surface area contributed by atoms with Crippen LogP contribution in [-0.2, 0) is 0 Å². The Bertz CT molecular complexity index is 7330. The first-order valence-electron chi connectivity index (χ1n) is 35.9. The van der Waals surface area contributed by atoms with Crippen molar-refractivity contribution in [2.24, 2.45) is 0 Å². The number of pyridine rings is 2. The van der Waals surface area contributed by atoms with Crippen LogP contribution in [0.25, 0.3) is 176 Å². The molecule has 0 saturated heterocycles. The van der Waals surface area contributed by atoms with E-state index in [1.165, 1.54) is 77.6 Å². The van der Waals surface area contributed by atoms with Crippen LogP contribution in [-0.4, -0.2) is 50.1 Å². The predicted molar refractivity (Wildman–Crippen MR) is 443 cm³/mol. The maximum atomic E-state index is 15.4. The van der Waals surface area contributed by atoms with Gasteiger partial charge in [0.1, 0.15) is 0 Å². The Balaban J connectivity index is 0.000000128. The number of halogens is 5. The molecule has 0 bridgehead atoms. The number of hydrogen-bond acceptors (Lipinski definition) is 4. The Kier molecular flexibility index (Phi) is 15.9. The summed E-state index contributed by atoms with van der Waals surface area (Å²) in [4.78, 5) is 6.34. The quantitative estimate of drug-likeness (QED) is 0.0886. The molecule has 523 valence electrons. The van der Waals surface area contributed by atoms with Crippen molar-refractivity contribution in [3.05, 3.63) is 368 Å². The van der Waals surface area contributed by atoms with Gasteiger partial charge in [0.15, 0.2) is 5.75 Å². The summed E-state index contributed by atoms with van der Waals surface area (Å²) in [7, 11) is 0.290. The van der Waals surface area contributed by atoms with Gasteiger partial charge in [0.2, 0.25) is 17.8 Å². The highest BCUT2D eigenvalue weighted by atomic mass is 79.9. The van der Waals surface area contributed by atoms with Gasteiger partial charge in [-0.15, -0.1) is 0 Å². The minimum atomic E-state index is -1.10. The Hall–Kier alpha value is -13.8. The molecule has 0 aliphatic heterocycles. The van der Waals surface area contributed by atoms with Gasteiger partial charge in [-0.05, 0) is 157 Å². The summed E-state index contributed by atoms with van der Waals surface area (Å²) in [5.74, 6) is -4.05. The lowest BCUT2D eigenvalue weighted by molar-refractivity contribution is 0.413. The van der Waals surface area contributed by atoms with Crippen LogP contribution in [0.5, 0.6) is 5.75 Å². The lowest BCUT2D eigenvalue weighted by Crippen LogP contribution is -2.03. The van der Waals surface area contributed by atoms with E-state index < -0.39 is 23.8 Å². The molecule has 14 aromatic carbocycles. The minimum Gasteiger partial charge on any atom is -0.534 e. The van der Waals surface area contributed by atoms with E-state index in [2.05, 4.69) is 349 Å². The Labute approximate surface area is 634 Å². The first kappa shape index (κ1) is 65.7. The first-order valence-corrected chi connectivity index (χ1v) is 36.7. The van der Waals surface area contributed by atoms with Gasteiger partial charge in [-0.3, -0.25) is 0 Å². The second-order valence-electron chi connectivity index (χ2n) is 26.9. The zero-order chi connectivity index (χ0) is 73.8. The van der Waals surface area contributed by atoms with Crippen molar-refractivity contribution < 1.29 is 27.2 Å². The molecule has 10 nitrogen and oxygen atoms in total. The van der Waals surface area contributed by atoms with Crippen molar-refractivity contribution in [3.63, 3.8) is 0 Å². The average molecular weight is 1500 g/mol. The van der Waals surface area contributed by atoms with E-state index in [1.807, 2.05) is 24.3 Å². The number of para-hydroxylation sites is 10. The monoisotopic (exact) mass is 1500 g/mol. The molecular weight excluding hydrogens is 1440 g/mol. The molecule has 0 fully saturated rings. The van der Waals surface area contributed by atoms with Gasteiger partial charge in [0.05, 0.1) is 66.2 Å². The minimum absolute atomic E-state index is 0.246. The number of aromatic nitrogens is 8. The third-order valence-corrected chi connectivity index (χ3v) is 21.5. The lowest BCUT2D eigenvalue weighted by atomic mass is 10.00. The summed E-state index contributed by atoms with van der Waals surface area (Å²) < 4.78 is 73.8. The molecule has 1 radical (unpaired) electrons. The Morgan fingerprint density at radius 2 is 0.545 bits per heavy atom. The van der Waals surface area contributed by atoms with Gasteiger partial charge >= 0.3 is 7.69 Å². The van der Waals surface area contributed by atoms with Crippen LogP contribution < -0.4 is 4.65 Å². The summed E-state index contributed by atoms with van der Waals surface area (Å²) in [5, 5.41) is 22.0. The fraction of sp³-hybridized carbons (Fsp3) is 0. The fourth-order valence-corrected chi connectivity index (χ4v) is 17.1. The van der Waals surface area contributed by atoms with Crippen LogP contribution in [0.4, 0.5) is 17.6 Å². The van der Waals surface area contributed by atoms with Gasteiger partial charge in [-0.2, -0.15) is 27.5 Å². The molecule has 0 aliphatic rings. The summed E-state index contributed by atoms with van der Waals surface area (Å²) in [5.41, 5.74) is 21.0. The molecule has 0 atom stereocenters. The van der Waals surface area contributed by atoms with E-state index in [1.54, 1.807) is 0 Å². The third-order valence-electron chi connectivity index (χ3n) is 21.0. The van der Waals surface area contributed by atoms with Crippen LogP contribution >= 0.6 is 15.9 Å². The Morgan fingerprint density at radius 3 is 0.864 bits per heavy atom. The highest BCUT2D eigenvalue weighted by Gasteiger charge is 2.32. The first-order chi connectivity index (χ1) is 54.2. The van der Waals surface area contributed by atoms with Gasteiger partial charge in [-0.25, -0.2) is 0 Å². The van der Waals surface area contributed by atoms with E-state index in [4.69, 9.17) is 5.02 Å². The normalized spacial score (nSPS) is 11.7. The molecule has 1 N–H and O–H groups in total. The zero-order valence-electron chi connectivity index (χ0n) is 58.2. The number of rotatable bonds is 9. The van der Waals surface area contributed by atoms with E-state index in [-0.39, 0.29) is 19.0 Å². The molecule has 0 aliphatic carbocycles. The fourth-order valence-electron chi connectivity index (χ4n) is 16.8. The molecule has 110 heavy (non-hydrogen) atoms. The van der Waals surface area contributed by atoms with E-state index in [0.717, 1.165) is 116 Å². The number of fused-ring (bicyclic) bond motifs is 24. The molecule has 22 rings (SSSR count). The highest BCUT2D eigenvalue weighted by Crippen LogP contribution is 2.53. The zero-order valence-corrected chi connectivity index (χ0v) is 59.8. The van der Waals surface area contributed by atoms with Crippen LogP contribution in [0.15, 0.2) is 344 Å². The van der Waals surface area contributed by atoms with Gasteiger partial charge < -0.3 is 37.1 Å². The van der Waals surface area contributed by atoms with Crippen LogP contribution in [0.1, 0.15) is 0 Å². The van der Waals surface area contributed by atoms with Gasteiger partial charge in [0, 0.05) is 109 Å². The van der Waals surface area contributed by atoms with Crippen molar-refractivity contribution in [1.29, 1.82) is 0 Å². The molecule has 16 heteroatoms. The smallest absolute Gasteiger partial charge is 0.534 e. The molecule has 0 unspecified atom stereocenters. The number of nitrogens with zero attached hydrogens (tertiary/aromatic N) is 8. The van der Waals surface area contributed by atoms with E-state index in [9.17, 15) is 13.2 Å². The van der Waals surface area contributed by atoms with E-state index in [0.29, 0.717) is 5.56 Å². The number of benzene rings is 14. The molecule has 0 amide bonds. The van der Waals surface area contributed by atoms with Crippen LogP contribution in [0.2, 0.25) is 0 Å². The topological polar surface area (TPSA) is 84.8 Å². The lowest BCUT2D eigenvalue weighted by Gasteiger charge is -2.13. The number of hydrogen-bond donors (Lipinski definition) is 1.